The Morgan fingerprint density at radius 3 is 3.00 bits per heavy atom. The van der Waals surface area contributed by atoms with Gasteiger partial charge in [-0.25, -0.2) is 4.98 Å². The predicted octanol–water partition coefficient (Wildman–Crippen LogP) is 0.597. The molecule has 98 valence electrons. The highest BCUT2D eigenvalue weighted by atomic mass is 16.2. The Balaban J connectivity index is 2.23. The molecule has 1 saturated heterocycles. The summed E-state index contributed by atoms with van der Waals surface area (Å²) >= 11 is 0. The van der Waals surface area contributed by atoms with E-state index in [9.17, 15) is 4.79 Å². The van der Waals surface area contributed by atoms with Gasteiger partial charge in [-0.3, -0.25) is 4.79 Å². The van der Waals surface area contributed by atoms with Gasteiger partial charge in [-0.2, -0.15) is 0 Å². The molecule has 5 heteroatoms. The maximum absolute atomic E-state index is 12.1. The number of hydrogen-bond acceptors (Lipinski definition) is 4. The third-order valence-corrected chi connectivity index (χ3v) is 3.27. The predicted molar refractivity (Wildman–Crippen MR) is 71.2 cm³/mol. The van der Waals surface area contributed by atoms with E-state index in [4.69, 9.17) is 5.73 Å². The molecule has 0 aromatic carbocycles. The molecule has 2 heterocycles. The first-order chi connectivity index (χ1) is 8.63. The van der Waals surface area contributed by atoms with Crippen molar-refractivity contribution in [2.24, 2.45) is 5.73 Å². The fraction of sp³-hybridized carbons (Fsp3) is 0.538. The lowest BCUT2D eigenvalue weighted by Gasteiger charge is -2.27. The number of anilines is 1. The molecule has 0 radical (unpaired) electrons. The Bertz CT molecular complexity index is 433. The number of carbonyl (C=O) groups is 1. The Morgan fingerprint density at radius 1 is 1.56 bits per heavy atom. The van der Waals surface area contributed by atoms with Crippen molar-refractivity contribution in [2.75, 3.05) is 25.5 Å². The maximum atomic E-state index is 12.1. The lowest BCUT2D eigenvalue weighted by atomic mass is 10.2. The van der Waals surface area contributed by atoms with E-state index < -0.39 is 0 Å². The summed E-state index contributed by atoms with van der Waals surface area (Å²) in [7, 11) is 3.59. The smallest absolute Gasteiger partial charge is 0.244 e. The molecule has 1 aliphatic rings. The van der Waals surface area contributed by atoms with Crippen LogP contribution in [0.1, 0.15) is 18.5 Å². The molecule has 5 nitrogen and oxygen atoms in total. The Morgan fingerprint density at radius 2 is 2.33 bits per heavy atom. The third kappa shape index (κ3) is 2.46. The first-order valence-electron chi connectivity index (χ1n) is 6.27. The van der Waals surface area contributed by atoms with E-state index in [1.165, 1.54) is 0 Å². The van der Waals surface area contributed by atoms with Gasteiger partial charge in [-0.05, 0) is 25.0 Å². The standard InChI is InChI=1S/C13H20N4O/c1-16(2)13(18)11-6-4-8-17(11)12-7-3-5-10(9-14)15-12/h3,5,7,11H,4,6,8-9,14H2,1-2H3. The van der Waals surface area contributed by atoms with E-state index in [0.29, 0.717) is 6.54 Å². The number of amides is 1. The largest absolute Gasteiger partial charge is 0.347 e. The molecule has 1 amide bonds. The van der Waals surface area contributed by atoms with Gasteiger partial charge in [0.05, 0.1) is 5.69 Å². The van der Waals surface area contributed by atoms with Gasteiger partial charge in [0.15, 0.2) is 0 Å². The summed E-state index contributed by atoms with van der Waals surface area (Å²) in [5.74, 6) is 1.00. The van der Waals surface area contributed by atoms with Crippen molar-refractivity contribution in [3.05, 3.63) is 23.9 Å². The van der Waals surface area contributed by atoms with Crippen LogP contribution in [0.25, 0.3) is 0 Å². The van der Waals surface area contributed by atoms with E-state index in [1.54, 1.807) is 19.0 Å². The second-order valence-corrected chi connectivity index (χ2v) is 4.78. The normalized spacial score (nSPS) is 19.1. The van der Waals surface area contributed by atoms with E-state index in [2.05, 4.69) is 9.88 Å². The molecule has 0 saturated carbocycles. The SMILES string of the molecule is CN(C)C(=O)C1CCCN1c1cccc(CN)n1. The first kappa shape index (κ1) is 12.8. The zero-order valence-corrected chi connectivity index (χ0v) is 11.0. The number of rotatable bonds is 3. The van der Waals surface area contributed by atoms with Crippen LogP contribution in [0.5, 0.6) is 0 Å². The van der Waals surface area contributed by atoms with Crippen molar-refractivity contribution in [1.29, 1.82) is 0 Å². The van der Waals surface area contributed by atoms with Crippen LogP contribution in [0, 0.1) is 0 Å². The lowest BCUT2D eigenvalue weighted by molar-refractivity contribution is -0.129. The highest BCUT2D eigenvalue weighted by Crippen LogP contribution is 2.24. The van der Waals surface area contributed by atoms with Gasteiger partial charge in [-0.15, -0.1) is 0 Å². The number of aromatic nitrogens is 1. The molecule has 0 aliphatic carbocycles. The number of carbonyl (C=O) groups excluding carboxylic acids is 1. The third-order valence-electron chi connectivity index (χ3n) is 3.27. The minimum atomic E-state index is -0.0828. The van der Waals surface area contributed by atoms with E-state index in [1.807, 2.05) is 18.2 Å². The number of pyridine rings is 1. The van der Waals surface area contributed by atoms with E-state index >= 15 is 0 Å². The van der Waals surface area contributed by atoms with Crippen LogP contribution < -0.4 is 10.6 Å². The minimum absolute atomic E-state index is 0.0828. The minimum Gasteiger partial charge on any atom is -0.347 e. The van der Waals surface area contributed by atoms with Crippen molar-refractivity contribution in [3.63, 3.8) is 0 Å². The van der Waals surface area contributed by atoms with Gasteiger partial charge in [0.25, 0.3) is 0 Å². The van der Waals surface area contributed by atoms with Gasteiger partial charge < -0.3 is 15.5 Å². The molecule has 0 spiro atoms. The second kappa shape index (κ2) is 5.35. The van der Waals surface area contributed by atoms with E-state index in [-0.39, 0.29) is 11.9 Å². The van der Waals surface area contributed by atoms with Gasteiger partial charge in [-0.1, -0.05) is 6.07 Å². The average Bonchev–Trinajstić information content (AvgIpc) is 2.86. The molecule has 1 aromatic rings. The van der Waals surface area contributed by atoms with Crippen LogP contribution in [-0.4, -0.2) is 42.5 Å². The molecular weight excluding hydrogens is 228 g/mol. The zero-order valence-electron chi connectivity index (χ0n) is 11.0. The summed E-state index contributed by atoms with van der Waals surface area (Å²) < 4.78 is 0. The summed E-state index contributed by atoms with van der Waals surface area (Å²) in [5.41, 5.74) is 6.46. The van der Waals surface area contributed by atoms with Gasteiger partial charge >= 0.3 is 0 Å². The zero-order chi connectivity index (χ0) is 13.1. The van der Waals surface area contributed by atoms with Crippen molar-refractivity contribution >= 4 is 11.7 Å². The molecule has 1 atom stereocenters. The molecule has 1 unspecified atom stereocenters. The fourth-order valence-electron chi connectivity index (χ4n) is 2.34. The number of likely N-dealkylation sites (N-methyl/N-ethyl adjacent to an activating group) is 1. The Labute approximate surface area is 108 Å². The number of nitrogens with zero attached hydrogens (tertiary/aromatic N) is 3. The van der Waals surface area contributed by atoms with Gasteiger partial charge in [0.1, 0.15) is 11.9 Å². The summed E-state index contributed by atoms with van der Waals surface area (Å²) in [4.78, 5) is 20.3. The molecule has 1 aliphatic heterocycles. The van der Waals surface area contributed by atoms with Crippen molar-refractivity contribution < 1.29 is 4.79 Å². The van der Waals surface area contributed by atoms with Crippen molar-refractivity contribution in [3.8, 4) is 0 Å². The second-order valence-electron chi connectivity index (χ2n) is 4.78. The van der Waals surface area contributed by atoms with Crippen molar-refractivity contribution in [1.82, 2.24) is 9.88 Å². The quantitative estimate of drug-likeness (QED) is 0.850. The van der Waals surface area contributed by atoms with E-state index in [0.717, 1.165) is 30.9 Å². The van der Waals surface area contributed by atoms with Crippen LogP contribution in [0.15, 0.2) is 18.2 Å². The van der Waals surface area contributed by atoms with Gasteiger partial charge in [0.2, 0.25) is 5.91 Å². The molecule has 0 bridgehead atoms. The summed E-state index contributed by atoms with van der Waals surface area (Å²) in [6, 6.07) is 5.71. The lowest BCUT2D eigenvalue weighted by Crippen LogP contribution is -2.43. The molecule has 2 rings (SSSR count). The average molecular weight is 248 g/mol. The molecule has 2 N–H and O–H groups in total. The number of nitrogens with two attached hydrogens (primary N) is 1. The van der Waals surface area contributed by atoms with Crippen LogP contribution in [-0.2, 0) is 11.3 Å². The summed E-state index contributed by atoms with van der Waals surface area (Å²) in [5, 5.41) is 0. The first-order valence-corrected chi connectivity index (χ1v) is 6.27. The van der Waals surface area contributed by atoms with Crippen LogP contribution in [0.2, 0.25) is 0 Å². The highest BCUT2D eigenvalue weighted by molar-refractivity contribution is 5.85. The molecule has 18 heavy (non-hydrogen) atoms. The molecule has 1 fully saturated rings. The van der Waals surface area contributed by atoms with Crippen LogP contribution >= 0.6 is 0 Å². The number of hydrogen-bond donors (Lipinski definition) is 1. The molecule has 1 aromatic heterocycles. The topological polar surface area (TPSA) is 62.5 Å². The fourth-order valence-corrected chi connectivity index (χ4v) is 2.34. The summed E-state index contributed by atoms with van der Waals surface area (Å²) in [6.45, 7) is 1.30. The monoisotopic (exact) mass is 248 g/mol. The molecular formula is C13H20N4O. The van der Waals surface area contributed by atoms with Crippen molar-refractivity contribution in [2.45, 2.75) is 25.4 Å². The Kier molecular flexibility index (Phi) is 3.81. The van der Waals surface area contributed by atoms with Gasteiger partial charge in [0, 0.05) is 27.2 Å². The summed E-state index contributed by atoms with van der Waals surface area (Å²) in [6.07, 6.45) is 1.92. The highest BCUT2D eigenvalue weighted by Gasteiger charge is 2.32. The van der Waals surface area contributed by atoms with Crippen LogP contribution in [0.3, 0.4) is 0 Å². The maximum Gasteiger partial charge on any atom is 0.244 e. The Hall–Kier alpha value is -1.62. The van der Waals surface area contributed by atoms with Crippen LogP contribution in [0.4, 0.5) is 5.82 Å².